The van der Waals surface area contributed by atoms with E-state index in [2.05, 4.69) is 0 Å². The Bertz CT molecular complexity index is 572. The van der Waals surface area contributed by atoms with Gasteiger partial charge in [-0.3, -0.25) is 0 Å². The lowest BCUT2D eigenvalue weighted by Gasteiger charge is -2.12. The number of ether oxygens (including phenoxy) is 2. The molecule has 0 aliphatic rings. The van der Waals surface area contributed by atoms with Gasteiger partial charge in [0.05, 0.1) is 6.61 Å². The lowest BCUT2D eigenvalue weighted by atomic mass is 10.1. The maximum absolute atomic E-state index is 14.0. The molecule has 0 amide bonds. The molecule has 4 heteroatoms. The molecule has 20 heavy (non-hydrogen) atoms. The van der Waals surface area contributed by atoms with Gasteiger partial charge in [-0.05, 0) is 49.7 Å². The molecule has 0 radical (unpaired) electrons. The molecular weight excluding hydrogens is 257 g/mol. The summed E-state index contributed by atoms with van der Waals surface area (Å²) < 4.78 is 25.0. The molecule has 2 aromatic rings. The molecule has 0 aliphatic heterocycles. The van der Waals surface area contributed by atoms with Crippen molar-refractivity contribution in [1.29, 1.82) is 0 Å². The average Bonchev–Trinajstić information content (AvgIpc) is 2.44. The van der Waals surface area contributed by atoms with Crippen LogP contribution < -0.4 is 15.2 Å². The van der Waals surface area contributed by atoms with E-state index in [0.29, 0.717) is 31.1 Å². The van der Waals surface area contributed by atoms with Crippen molar-refractivity contribution in [3.8, 4) is 17.2 Å². The molecule has 0 heterocycles. The van der Waals surface area contributed by atoms with E-state index in [-0.39, 0.29) is 5.75 Å². The Balaban J connectivity index is 2.21. The van der Waals surface area contributed by atoms with Crippen molar-refractivity contribution in [2.24, 2.45) is 5.73 Å². The van der Waals surface area contributed by atoms with Gasteiger partial charge in [0.1, 0.15) is 0 Å². The van der Waals surface area contributed by atoms with Crippen LogP contribution in [0.1, 0.15) is 12.5 Å². The lowest BCUT2D eigenvalue weighted by molar-refractivity contribution is 0.318. The summed E-state index contributed by atoms with van der Waals surface area (Å²) in [5, 5.41) is 0. The average molecular weight is 275 g/mol. The highest BCUT2D eigenvalue weighted by atomic mass is 19.1. The van der Waals surface area contributed by atoms with Gasteiger partial charge in [0.15, 0.2) is 23.1 Å². The molecular formula is C16H18FNO2. The van der Waals surface area contributed by atoms with E-state index in [1.807, 2.05) is 25.1 Å². The third-order valence-corrected chi connectivity index (χ3v) is 2.80. The van der Waals surface area contributed by atoms with Crippen molar-refractivity contribution < 1.29 is 13.9 Å². The molecule has 0 unspecified atom stereocenters. The van der Waals surface area contributed by atoms with Crippen molar-refractivity contribution >= 4 is 0 Å². The molecule has 106 valence electrons. The van der Waals surface area contributed by atoms with Crippen molar-refractivity contribution in [1.82, 2.24) is 0 Å². The summed E-state index contributed by atoms with van der Waals surface area (Å²) in [5.41, 5.74) is 6.31. The van der Waals surface area contributed by atoms with Crippen LogP contribution in [0.25, 0.3) is 0 Å². The summed E-state index contributed by atoms with van der Waals surface area (Å²) >= 11 is 0. The van der Waals surface area contributed by atoms with Crippen LogP contribution in [0.15, 0.2) is 42.5 Å². The van der Waals surface area contributed by atoms with Crippen LogP contribution in [0.3, 0.4) is 0 Å². The van der Waals surface area contributed by atoms with Gasteiger partial charge in [-0.1, -0.05) is 18.2 Å². The van der Waals surface area contributed by atoms with Crippen molar-refractivity contribution in [3.05, 3.63) is 53.8 Å². The Morgan fingerprint density at radius 2 is 1.80 bits per heavy atom. The van der Waals surface area contributed by atoms with Crippen molar-refractivity contribution in [2.75, 3.05) is 13.2 Å². The summed E-state index contributed by atoms with van der Waals surface area (Å²) in [6.07, 6.45) is 0.646. The second-order valence-electron chi connectivity index (χ2n) is 4.29. The number of para-hydroxylation sites is 2. The Morgan fingerprint density at radius 3 is 2.45 bits per heavy atom. The molecule has 0 aromatic heterocycles. The predicted octanol–water partition coefficient (Wildman–Crippen LogP) is 3.52. The number of nitrogens with two attached hydrogens (primary N) is 1. The highest BCUT2D eigenvalue weighted by Crippen LogP contribution is 2.32. The third kappa shape index (κ3) is 3.48. The van der Waals surface area contributed by atoms with Crippen molar-refractivity contribution in [3.63, 3.8) is 0 Å². The lowest BCUT2D eigenvalue weighted by Crippen LogP contribution is -2.03. The number of rotatable bonds is 6. The Hall–Kier alpha value is -2.07. The molecule has 0 spiro atoms. The SMILES string of the molecule is CCOc1ccccc1Oc1ccc(CCN)cc1F. The highest BCUT2D eigenvalue weighted by molar-refractivity contribution is 5.43. The molecule has 0 aliphatic carbocycles. The van der Waals surface area contributed by atoms with Crippen LogP contribution in [0.2, 0.25) is 0 Å². The standard InChI is InChI=1S/C16H18FNO2/c1-2-19-15-5-3-4-6-16(15)20-14-8-7-12(9-10-18)11-13(14)17/h3-8,11H,2,9-10,18H2,1H3. The van der Waals surface area contributed by atoms with Crippen molar-refractivity contribution in [2.45, 2.75) is 13.3 Å². The van der Waals surface area contributed by atoms with Crippen LogP contribution in [0, 0.1) is 5.82 Å². The molecule has 2 N–H and O–H groups in total. The summed E-state index contributed by atoms with van der Waals surface area (Å²) in [6, 6.07) is 12.1. The monoisotopic (exact) mass is 275 g/mol. The number of benzene rings is 2. The minimum Gasteiger partial charge on any atom is -0.490 e. The molecule has 3 nitrogen and oxygen atoms in total. The fourth-order valence-electron chi connectivity index (χ4n) is 1.88. The topological polar surface area (TPSA) is 44.5 Å². The van der Waals surface area contributed by atoms with E-state index in [4.69, 9.17) is 15.2 Å². The fourth-order valence-corrected chi connectivity index (χ4v) is 1.88. The second kappa shape index (κ2) is 6.91. The Labute approximate surface area is 118 Å². The van der Waals surface area contributed by atoms with Crippen LogP contribution in [-0.4, -0.2) is 13.2 Å². The Kier molecular flexibility index (Phi) is 4.96. The zero-order chi connectivity index (χ0) is 14.4. The van der Waals surface area contributed by atoms with Gasteiger partial charge in [-0.25, -0.2) is 4.39 Å². The van der Waals surface area contributed by atoms with E-state index in [1.165, 1.54) is 6.07 Å². The molecule has 0 saturated heterocycles. The van der Waals surface area contributed by atoms with Crippen LogP contribution in [-0.2, 0) is 6.42 Å². The maximum Gasteiger partial charge on any atom is 0.169 e. The van der Waals surface area contributed by atoms with Gasteiger partial charge < -0.3 is 15.2 Å². The smallest absolute Gasteiger partial charge is 0.169 e. The van der Waals surface area contributed by atoms with Gasteiger partial charge in [0.2, 0.25) is 0 Å². The first-order valence-electron chi connectivity index (χ1n) is 6.62. The van der Waals surface area contributed by atoms with Crippen LogP contribution in [0.5, 0.6) is 17.2 Å². The number of hydrogen-bond acceptors (Lipinski definition) is 3. The minimum absolute atomic E-state index is 0.179. The first-order valence-corrected chi connectivity index (χ1v) is 6.62. The van der Waals surface area contributed by atoms with Gasteiger partial charge >= 0.3 is 0 Å². The van der Waals surface area contributed by atoms with Gasteiger partial charge in [-0.15, -0.1) is 0 Å². The van der Waals surface area contributed by atoms with Gasteiger partial charge in [0, 0.05) is 0 Å². The van der Waals surface area contributed by atoms with E-state index in [1.54, 1.807) is 18.2 Å². The minimum atomic E-state index is -0.401. The fraction of sp³-hybridized carbons (Fsp3) is 0.250. The summed E-state index contributed by atoms with van der Waals surface area (Å²) in [7, 11) is 0. The first-order chi connectivity index (χ1) is 9.74. The quantitative estimate of drug-likeness (QED) is 0.877. The van der Waals surface area contributed by atoms with E-state index < -0.39 is 5.82 Å². The normalized spacial score (nSPS) is 10.3. The zero-order valence-corrected chi connectivity index (χ0v) is 11.4. The second-order valence-corrected chi connectivity index (χ2v) is 4.29. The van der Waals surface area contributed by atoms with Crippen LogP contribution in [0.4, 0.5) is 4.39 Å². The molecule has 0 bridgehead atoms. The molecule has 0 atom stereocenters. The molecule has 2 aromatic carbocycles. The predicted molar refractivity (Wildman–Crippen MR) is 76.8 cm³/mol. The first kappa shape index (κ1) is 14.3. The highest BCUT2D eigenvalue weighted by Gasteiger charge is 2.09. The number of halogens is 1. The molecule has 0 fully saturated rings. The van der Waals surface area contributed by atoms with Gasteiger partial charge in [0.25, 0.3) is 0 Å². The summed E-state index contributed by atoms with van der Waals surface area (Å²) in [6.45, 7) is 2.91. The van der Waals surface area contributed by atoms with E-state index in [9.17, 15) is 4.39 Å². The zero-order valence-electron chi connectivity index (χ0n) is 11.4. The maximum atomic E-state index is 14.0. The van der Waals surface area contributed by atoms with E-state index >= 15 is 0 Å². The van der Waals surface area contributed by atoms with Crippen LogP contribution >= 0.6 is 0 Å². The number of hydrogen-bond donors (Lipinski definition) is 1. The largest absolute Gasteiger partial charge is 0.490 e. The van der Waals surface area contributed by atoms with E-state index in [0.717, 1.165) is 5.56 Å². The molecule has 0 saturated carbocycles. The molecule has 2 rings (SSSR count). The Morgan fingerprint density at radius 1 is 1.05 bits per heavy atom. The summed E-state index contributed by atoms with van der Waals surface area (Å²) in [5.74, 6) is 0.875. The third-order valence-electron chi connectivity index (χ3n) is 2.80. The van der Waals surface area contributed by atoms with Gasteiger partial charge in [-0.2, -0.15) is 0 Å². The summed E-state index contributed by atoms with van der Waals surface area (Å²) in [4.78, 5) is 0.